The average molecular weight is 520 g/mol. The highest BCUT2D eigenvalue weighted by Crippen LogP contribution is 2.24. The fourth-order valence-corrected chi connectivity index (χ4v) is 3.72. The number of esters is 1. The van der Waals surface area contributed by atoms with Gasteiger partial charge in [0.1, 0.15) is 17.7 Å². The average Bonchev–Trinajstić information content (AvgIpc) is 2.82. The second kappa shape index (κ2) is 15.9. The Morgan fingerprint density at radius 3 is 2.19 bits per heavy atom. The number of benzene rings is 1. The van der Waals surface area contributed by atoms with Gasteiger partial charge in [0.2, 0.25) is 11.8 Å². The lowest BCUT2D eigenvalue weighted by molar-refractivity contribution is -0.144. The Labute approximate surface area is 221 Å². The Balaban J connectivity index is 3.26. The Hall–Kier alpha value is -3.10. The van der Waals surface area contributed by atoms with Crippen LogP contribution in [0.2, 0.25) is 0 Å². The van der Waals surface area contributed by atoms with Crippen LogP contribution < -0.4 is 10.6 Å². The molecule has 9 heteroatoms. The monoisotopic (exact) mass is 519 g/mol. The fraction of sp³-hybridized carbons (Fsp3) is 0.643. The molecule has 9 nitrogen and oxygen atoms in total. The van der Waals surface area contributed by atoms with E-state index >= 15 is 0 Å². The molecule has 3 amide bonds. The number of rotatable bonds is 14. The quantitative estimate of drug-likeness (QED) is 0.280. The molecule has 1 aromatic carbocycles. The highest BCUT2D eigenvalue weighted by molar-refractivity contribution is 5.92. The van der Waals surface area contributed by atoms with E-state index in [1.807, 2.05) is 31.2 Å². The van der Waals surface area contributed by atoms with Crippen LogP contribution in [-0.2, 0) is 30.3 Å². The van der Waals surface area contributed by atoms with Crippen molar-refractivity contribution in [2.45, 2.75) is 98.3 Å². The standard InChI is InChI=1S/C28H45N3O6/c1-8-11-12-19-31(26(34)20(4)30-27(35)37-28(5,6)7)24(22-15-13-21(9-2)14-16-22)25(33)29-18-17-23(32)36-10-3/h13-16,20,24H,8-12,17-19H2,1-7H3,(H,29,33)(H,30,35). The molecular weight excluding hydrogens is 474 g/mol. The summed E-state index contributed by atoms with van der Waals surface area (Å²) in [5.74, 6) is -1.20. The van der Waals surface area contributed by atoms with Crippen LogP contribution in [0.5, 0.6) is 0 Å². The van der Waals surface area contributed by atoms with Crippen LogP contribution in [0.4, 0.5) is 4.79 Å². The van der Waals surface area contributed by atoms with E-state index in [2.05, 4.69) is 17.6 Å². The molecule has 2 atom stereocenters. The minimum absolute atomic E-state index is 0.0292. The van der Waals surface area contributed by atoms with E-state index in [0.29, 0.717) is 18.5 Å². The molecule has 0 fully saturated rings. The molecule has 37 heavy (non-hydrogen) atoms. The zero-order valence-electron chi connectivity index (χ0n) is 23.5. The molecule has 0 aliphatic heterocycles. The summed E-state index contributed by atoms with van der Waals surface area (Å²) in [4.78, 5) is 52.7. The zero-order valence-corrected chi connectivity index (χ0v) is 23.5. The normalized spacial score (nSPS) is 12.7. The van der Waals surface area contributed by atoms with Crippen LogP contribution in [0.1, 0.15) is 91.3 Å². The van der Waals surface area contributed by atoms with Crippen LogP contribution in [0.15, 0.2) is 24.3 Å². The van der Waals surface area contributed by atoms with Gasteiger partial charge in [-0.1, -0.05) is 51.0 Å². The topological polar surface area (TPSA) is 114 Å². The molecule has 2 unspecified atom stereocenters. The van der Waals surface area contributed by atoms with E-state index in [1.165, 1.54) is 4.90 Å². The fourth-order valence-electron chi connectivity index (χ4n) is 3.72. The predicted octanol–water partition coefficient (Wildman–Crippen LogP) is 4.29. The third kappa shape index (κ3) is 11.7. The summed E-state index contributed by atoms with van der Waals surface area (Å²) in [5, 5.41) is 5.39. The number of aryl methyl sites for hydroxylation is 1. The summed E-state index contributed by atoms with van der Waals surface area (Å²) in [7, 11) is 0. The van der Waals surface area contributed by atoms with Crippen molar-refractivity contribution in [1.29, 1.82) is 0 Å². The maximum absolute atomic E-state index is 13.6. The summed E-state index contributed by atoms with van der Waals surface area (Å²) in [5.41, 5.74) is 1.05. The van der Waals surface area contributed by atoms with Crippen molar-refractivity contribution in [3.05, 3.63) is 35.4 Å². The van der Waals surface area contributed by atoms with E-state index in [4.69, 9.17) is 9.47 Å². The van der Waals surface area contributed by atoms with E-state index in [0.717, 1.165) is 24.8 Å². The molecule has 0 radical (unpaired) electrons. The number of hydrogen-bond acceptors (Lipinski definition) is 6. The number of unbranched alkanes of at least 4 members (excludes halogenated alkanes) is 2. The Morgan fingerprint density at radius 2 is 1.65 bits per heavy atom. The summed E-state index contributed by atoms with van der Waals surface area (Å²) in [6.45, 7) is 13.3. The van der Waals surface area contributed by atoms with E-state index < -0.39 is 41.6 Å². The number of carbonyl (C=O) groups is 4. The van der Waals surface area contributed by atoms with Gasteiger partial charge in [-0.3, -0.25) is 14.4 Å². The maximum atomic E-state index is 13.6. The SMILES string of the molecule is CCCCCN(C(=O)C(C)NC(=O)OC(C)(C)C)C(C(=O)NCCC(=O)OCC)c1ccc(CC)cc1. The predicted molar refractivity (Wildman–Crippen MR) is 143 cm³/mol. The van der Waals surface area contributed by atoms with Crippen molar-refractivity contribution >= 4 is 23.9 Å². The molecule has 208 valence electrons. The van der Waals surface area contributed by atoms with Gasteiger partial charge < -0.3 is 25.0 Å². The van der Waals surface area contributed by atoms with Gasteiger partial charge in [-0.2, -0.15) is 0 Å². The summed E-state index contributed by atoms with van der Waals surface area (Å²) >= 11 is 0. The van der Waals surface area contributed by atoms with Crippen molar-refractivity contribution in [2.75, 3.05) is 19.7 Å². The van der Waals surface area contributed by atoms with Crippen LogP contribution in [0.3, 0.4) is 0 Å². The molecule has 0 spiro atoms. The van der Waals surface area contributed by atoms with Gasteiger partial charge in [-0.25, -0.2) is 4.79 Å². The second-order valence-corrected chi connectivity index (χ2v) is 9.95. The van der Waals surface area contributed by atoms with Gasteiger partial charge in [0.05, 0.1) is 13.0 Å². The van der Waals surface area contributed by atoms with Gasteiger partial charge in [-0.05, 0) is 58.6 Å². The molecule has 0 saturated heterocycles. The third-order valence-electron chi connectivity index (χ3n) is 5.59. The Kier molecular flexibility index (Phi) is 13.7. The molecule has 1 rings (SSSR count). The van der Waals surface area contributed by atoms with Gasteiger partial charge in [0, 0.05) is 13.1 Å². The number of amides is 3. The van der Waals surface area contributed by atoms with Crippen LogP contribution >= 0.6 is 0 Å². The summed E-state index contributed by atoms with van der Waals surface area (Å²) in [6, 6.07) is 5.72. The van der Waals surface area contributed by atoms with Crippen LogP contribution in [-0.4, -0.2) is 60.1 Å². The third-order valence-corrected chi connectivity index (χ3v) is 5.59. The Bertz CT molecular complexity index is 879. The maximum Gasteiger partial charge on any atom is 0.408 e. The van der Waals surface area contributed by atoms with E-state index in [-0.39, 0.29) is 19.6 Å². The first-order chi connectivity index (χ1) is 17.4. The highest BCUT2D eigenvalue weighted by atomic mass is 16.6. The first-order valence-corrected chi connectivity index (χ1v) is 13.3. The van der Waals surface area contributed by atoms with Crippen molar-refractivity contribution in [3.63, 3.8) is 0 Å². The number of hydrogen-bond donors (Lipinski definition) is 2. The van der Waals surface area contributed by atoms with Crippen LogP contribution in [0, 0.1) is 0 Å². The molecule has 0 saturated carbocycles. The minimum Gasteiger partial charge on any atom is -0.466 e. The smallest absolute Gasteiger partial charge is 0.408 e. The first-order valence-electron chi connectivity index (χ1n) is 13.3. The molecule has 2 N–H and O–H groups in total. The van der Waals surface area contributed by atoms with Gasteiger partial charge >= 0.3 is 12.1 Å². The zero-order chi connectivity index (χ0) is 28.0. The minimum atomic E-state index is -0.930. The number of nitrogens with one attached hydrogen (secondary N) is 2. The summed E-state index contributed by atoms with van der Waals surface area (Å²) < 4.78 is 10.2. The molecule has 0 aliphatic rings. The summed E-state index contributed by atoms with van der Waals surface area (Å²) in [6.07, 6.45) is 2.68. The Morgan fingerprint density at radius 1 is 1.00 bits per heavy atom. The molecule has 0 bridgehead atoms. The first kappa shape index (κ1) is 31.9. The lowest BCUT2D eigenvalue weighted by atomic mass is 10.00. The van der Waals surface area contributed by atoms with Crippen LogP contribution in [0.25, 0.3) is 0 Å². The molecular formula is C28H45N3O6. The molecule has 0 aromatic heterocycles. The van der Waals surface area contributed by atoms with Gasteiger partial charge in [0.15, 0.2) is 0 Å². The van der Waals surface area contributed by atoms with Crippen molar-refractivity contribution in [3.8, 4) is 0 Å². The lowest BCUT2D eigenvalue weighted by Crippen LogP contribution is -2.52. The van der Waals surface area contributed by atoms with Crippen molar-refractivity contribution in [2.24, 2.45) is 0 Å². The number of nitrogens with zero attached hydrogens (tertiary/aromatic N) is 1. The number of alkyl carbamates (subject to hydrolysis) is 1. The van der Waals surface area contributed by atoms with Gasteiger partial charge in [0.25, 0.3) is 0 Å². The van der Waals surface area contributed by atoms with E-state index in [1.54, 1.807) is 34.6 Å². The second-order valence-electron chi connectivity index (χ2n) is 9.95. The highest BCUT2D eigenvalue weighted by Gasteiger charge is 2.34. The molecule has 0 heterocycles. The van der Waals surface area contributed by atoms with Crippen molar-refractivity contribution in [1.82, 2.24) is 15.5 Å². The largest absolute Gasteiger partial charge is 0.466 e. The molecule has 0 aliphatic carbocycles. The number of ether oxygens (including phenoxy) is 2. The molecule has 1 aromatic rings. The number of carbonyl (C=O) groups excluding carboxylic acids is 4. The van der Waals surface area contributed by atoms with Gasteiger partial charge in [-0.15, -0.1) is 0 Å². The van der Waals surface area contributed by atoms with E-state index in [9.17, 15) is 19.2 Å². The lowest BCUT2D eigenvalue weighted by Gasteiger charge is -2.34. The van der Waals surface area contributed by atoms with Crippen molar-refractivity contribution < 1.29 is 28.7 Å².